The van der Waals surface area contributed by atoms with Gasteiger partial charge in [0.25, 0.3) is 0 Å². The summed E-state index contributed by atoms with van der Waals surface area (Å²) in [5.74, 6) is 0.962. The molecule has 0 saturated heterocycles. The Kier molecular flexibility index (Phi) is 4.55. The lowest BCUT2D eigenvalue weighted by molar-refractivity contribution is 0.210. The summed E-state index contributed by atoms with van der Waals surface area (Å²) in [6.45, 7) is 3.60. The van der Waals surface area contributed by atoms with Crippen molar-refractivity contribution < 1.29 is 4.74 Å². The maximum Gasteiger partial charge on any atom is 0.129 e. The first-order valence-electron chi connectivity index (χ1n) is 6.06. The van der Waals surface area contributed by atoms with Gasteiger partial charge >= 0.3 is 0 Å². The highest BCUT2D eigenvalue weighted by Crippen LogP contribution is 2.23. The van der Waals surface area contributed by atoms with Gasteiger partial charge in [0.05, 0.1) is 12.1 Å². The van der Waals surface area contributed by atoms with Crippen LogP contribution in [0, 0.1) is 0 Å². The van der Waals surface area contributed by atoms with E-state index in [1.807, 2.05) is 12.1 Å². The molecule has 0 radical (unpaired) electrons. The Hall–Kier alpha value is -1.13. The maximum atomic E-state index is 5.04. The number of methoxy groups -OCH3 is 1. The Morgan fingerprint density at radius 2 is 2.17 bits per heavy atom. The molecule has 0 unspecified atom stereocenters. The molecule has 1 N–H and O–H groups in total. The molecule has 0 aliphatic carbocycles. The molecule has 1 heterocycles. The molecule has 1 aromatic heterocycles. The number of nitrogens with one attached hydrogen (secondary N) is 1. The van der Waals surface area contributed by atoms with Gasteiger partial charge in [0.2, 0.25) is 0 Å². The number of hydrogen-bond acceptors (Lipinski definition) is 3. The van der Waals surface area contributed by atoms with E-state index in [0.29, 0.717) is 6.61 Å². The van der Waals surface area contributed by atoms with Crippen molar-refractivity contribution >= 4 is 32.7 Å². The van der Waals surface area contributed by atoms with Gasteiger partial charge in [-0.2, -0.15) is 0 Å². The number of rotatable bonds is 5. The molecule has 4 heteroatoms. The minimum absolute atomic E-state index is 0.684. The number of pyridine rings is 1. The van der Waals surface area contributed by atoms with Crippen molar-refractivity contribution in [2.24, 2.45) is 0 Å². The summed E-state index contributed by atoms with van der Waals surface area (Å²) in [6.07, 6.45) is 0.963. The number of anilines is 1. The van der Waals surface area contributed by atoms with Crippen LogP contribution in [0.5, 0.6) is 0 Å². The zero-order chi connectivity index (χ0) is 13.0. The van der Waals surface area contributed by atoms with E-state index in [4.69, 9.17) is 4.74 Å². The third kappa shape index (κ3) is 3.00. The molecule has 0 spiro atoms. The van der Waals surface area contributed by atoms with Crippen molar-refractivity contribution in [1.82, 2.24) is 4.98 Å². The second-order valence-corrected chi connectivity index (χ2v) is 5.02. The van der Waals surface area contributed by atoms with E-state index in [9.17, 15) is 0 Å². The van der Waals surface area contributed by atoms with Crippen molar-refractivity contribution in [2.45, 2.75) is 13.3 Å². The lowest BCUT2D eigenvalue weighted by Gasteiger charge is -2.11. The van der Waals surface area contributed by atoms with E-state index < -0.39 is 0 Å². The van der Waals surface area contributed by atoms with E-state index in [2.05, 4.69) is 45.3 Å². The number of halogens is 1. The highest BCUT2D eigenvalue weighted by Gasteiger charge is 2.05. The van der Waals surface area contributed by atoms with E-state index >= 15 is 0 Å². The molecule has 2 rings (SSSR count). The number of nitrogens with zero attached hydrogens (tertiary/aromatic N) is 1. The molecule has 2 aromatic rings. The topological polar surface area (TPSA) is 34.2 Å². The number of aryl methyl sites for hydroxylation is 1. The number of fused-ring (bicyclic) bond motifs is 1. The quantitative estimate of drug-likeness (QED) is 0.857. The summed E-state index contributed by atoms with van der Waals surface area (Å²) in [5, 5.41) is 4.49. The molecule has 0 saturated carbocycles. The van der Waals surface area contributed by atoms with E-state index in [-0.39, 0.29) is 0 Å². The van der Waals surface area contributed by atoms with Crippen LogP contribution in [-0.4, -0.2) is 25.2 Å². The van der Waals surface area contributed by atoms with Gasteiger partial charge in [-0.1, -0.05) is 22.9 Å². The Morgan fingerprint density at radius 1 is 1.33 bits per heavy atom. The highest BCUT2D eigenvalue weighted by molar-refractivity contribution is 9.10. The Morgan fingerprint density at radius 3 is 2.89 bits per heavy atom. The lowest BCUT2D eigenvalue weighted by Crippen LogP contribution is -2.10. The first kappa shape index (κ1) is 13.3. The van der Waals surface area contributed by atoms with Gasteiger partial charge in [-0.15, -0.1) is 0 Å². The zero-order valence-corrected chi connectivity index (χ0v) is 12.3. The summed E-state index contributed by atoms with van der Waals surface area (Å²) < 4.78 is 6.13. The van der Waals surface area contributed by atoms with Crippen LogP contribution in [0.4, 0.5) is 5.82 Å². The van der Waals surface area contributed by atoms with Crippen molar-refractivity contribution in [3.63, 3.8) is 0 Å². The number of benzene rings is 1. The third-order valence-electron chi connectivity index (χ3n) is 2.84. The molecule has 96 valence electrons. The van der Waals surface area contributed by atoms with Crippen LogP contribution in [0.25, 0.3) is 10.9 Å². The summed E-state index contributed by atoms with van der Waals surface area (Å²) in [5.41, 5.74) is 2.24. The summed E-state index contributed by atoms with van der Waals surface area (Å²) in [4.78, 5) is 4.67. The molecule has 0 bridgehead atoms. The maximum absolute atomic E-state index is 5.04. The van der Waals surface area contributed by atoms with Crippen LogP contribution < -0.4 is 5.32 Å². The van der Waals surface area contributed by atoms with Gasteiger partial charge in [0.1, 0.15) is 5.82 Å². The van der Waals surface area contributed by atoms with Crippen LogP contribution in [0.3, 0.4) is 0 Å². The van der Waals surface area contributed by atoms with Crippen molar-refractivity contribution in [1.29, 1.82) is 0 Å². The van der Waals surface area contributed by atoms with E-state index in [1.54, 1.807) is 7.11 Å². The summed E-state index contributed by atoms with van der Waals surface area (Å²) in [7, 11) is 1.70. The van der Waals surface area contributed by atoms with Crippen molar-refractivity contribution in [3.05, 3.63) is 34.3 Å². The Balaban J connectivity index is 2.36. The number of hydrogen-bond donors (Lipinski definition) is 1. The monoisotopic (exact) mass is 308 g/mol. The van der Waals surface area contributed by atoms with Crippen LogP contribution >= 0.6 is 15.9 Å². The Bertz CT molecular complexity index is 543. The molecular formula is C14H17BrN2O. The van der Waals surface area contributed by atoms with Crippen molar-refractivity contribution in [3.8, 4) is 0 Å². The largest absolute Gasteiger partial charge is 0.383 e. The minimum atomic E-state index is 0.684. The van der Waals surface area contributed by atoms with Gasteiger partial charge < -0.3 is 10.1 Å². The van der Waals surface area contributed by atoms with E-state index in [1.165, 1.54) is 10.9 Å². The summed E-state index contributed by atoms with van der Waals surface area (Å²) >= 11 is 3.49. The fourth-order valence-electron chi connectivity index (χ4n) is 1.89. The van der Waals surface area contributed by atoms with E-state index in [0.717, 1.165) is 28.8 Å². The average Bonchev–Trinajstić information content (AvgIpc) is 2.38. The molecule has 0 aliphatic heterocycles. The fourth-order valence-corrected chi connectivity index (χ4v) is 2.26. The molecular weight excluding hydrogens is 292 g/mol. The minimum Gasteiger partial charge on any atom is -0.383 e. The SMILES string of the molecule is CCc1cc2cc(Br)ccc2nc1NCCOC. The first-order chi connectivity index (χ1) is 8.74. The standard InChI is InChI=1S/C14H17BrN2O/c1-3-10-8-11-9-12(15)4-5-13(11)17-14(10)16-6-7-18-2/h4-5,8-9H,3,6-7H2,1-2H3,(H,16,17). The van der Waals surface area contributed by atoms with Crippen LogP contribution in [0.15, 0.2) is 28.7 Å². The second-order valence-electron chi connectivity index (χ2n) is 4.11. The first-order valence-corrected chi connectivity index (χ1v) is 6.86. The number of aromatic nitrogens is 1. The van der Waals surface area contributed by atoms with Crippen molar-refractivity contribution in [2.75, 3.05) is 25.6 Å². The summed E-state index contributed by atoms with van der Waals surface area (Å²) in [6, 6.07) is 8.34. The van der Waals surface area contributed by atoms with Gasteiger partial charge in [0.15, 0.2) is 0 Å². The average molecular weight is 309 g/mol. The lowest BCUT2D eigenvalue weighted by atomic mass is 10.1. The fraction of sp³-hybridized carbons (Fsp3) is 0.357. The predicted octanol–water partition coefficient (Wildman–Crippen LogP) is 3.62. The molecule has 0 fully saturated rings. The highest BCUT2D eigenvalue weighted by atomic mass is 79.9. The van der Waals surface area contributed by atoms with Gasteiger partial charge in [-0.3, -0.25) is 0 Å². The molecule has 0 atom stereocenters. The molecule has 3 nitrogen and oxygen atoms in total. The molecule has 0 aliphatic rings. The van der Waals surface area contributed by atoms with Crippen LogP contribution in [0.2, 0.25) is 0 Å². The second kappa shape index (κ2) is 6.16. The third-order valence-corrected chi connectivity index (χ3v) is 3.33. The van der Waals surface area contributed by atoms with Crippen LogP contribution in [0.1, 0.15) is 12.5 Å². The van der Waals surface area contributed by atoms with Gasteiger partial charge in [0, 0.05) is 23.5 Å². The molecule has 18 heavy (non-hydrogen) atoms. The number of ether oxygens (including phenoxy) is 1. The zero-order valence-electron chi connectivity index (χ0n) is 10.7. The molecule has 0 amide bonds. The smallest absolute Gasteiger partial charge is 0.129 e. The van der Waals surface area contributed by atoms with Gasteiger partial charge in [-0.05, 0) is 36.2 Å². The van der Waals surface area contributed by atoms with Gasteiger partial charge in [-0.25, -0.2) is 4.98 Å². The predicted molar refractivity (Wildman–Crippen MR) is 79.2 cm³/mol. The Labute approximate surface area is 116 Å². The van der Waals surface area contributed by atoms with Crippen LogP contribution in [-0.2, 0) is 11.2 Å². The molecule has 1 aromatic carbocycles. The normalized spacial score (nSPS) is 10.8.